The first kappa shape index (κ1) is 18.4. The summed E-state index contributed by atoms with van der Waals surface area (Å²) in [6, 6.07) is 10.9. The van der Waals surface area contributed by atoms with Crippen LogP contribution in [-0.2, 0) is 10.0 Å². The van der Waals surface area contributed by atoms with E-state index in [0.29, 0.717) is 18.0 Å². The zero-order valence-electron chi connectivity index (χ0n) is 11.6. The fourth-order valence-electron chi connectivity index (χ4n) is 1.90. The summed E-state index contributed by atoms with van der Waals surface area (Å²) in [6.45, 7) is 3.81. The van der Waals surface area contributed by atoms with Crippen LogP contribution in [0.1, 0.15) is 6.92 Å². The maximum Gasteiger partial charge on any atom is 0.240 e. The SMILES string of the molecule is CCNCCNS(=O)(=O)c1ccc2cc(Br)ccc2c1.Cl. The summed E-state index contributed by atoms with van der Waals surface area (Å²) in [4.78, 5) is 0.295. The Morgan fingerprint density at radius 3 is 2.43 bits per heavy atom. The summed E-state index contributed by atoms with van der Waals surface area (Å²) in [6.07, 6.45) is 0. The van der Waals surface area contributed by atoms with Crippen molar-refractivity contribution in [3.63, 3.8) is 0 Å². The molecule has 0 spiro atoms. The van der Waals surface area contributed by atoms with E-state index >= 15 is 0 Å². The van der Waals surface area contributed by atoms with E-state index in [1.54, 1.807) is 12.1 Å². The number of rotatable bonds is 6. The summed E-state index contributed by atoms with van der Waals surface area (Å²) in [7, 11) is -3.44. The Morgan fingerprint density at radius 1 is 1.05 bits per heavy atom. The van der Waals surface area contributed by atoms with Gasteiger partial charge in [-0.1, -0.05) is 35.0 Å². The van der Waals surface area contributed by atoms with Gasteiger partial charge in [-0.25, -0.2) is 13.1 Å². The molecule has 116 valence electrons. The van der Waals surface area contributed by atoms with Crippen molar-refractivity contribution in [1.29, 1.82) is 0 Å². The standard InChI is InChI=1S/C14H17BrN2O2S.ClH/c1-2-16-7-8-17-20(18,19)14-6-4-11-9-13(15)5-3-12(11)10-14;/h3-6,9-10,16-17H,2,7-8H2,1H3;1H. The van der Waals surface area contributed by atoms with Gasteiger partial charge in [-0.05, 0) is 41.6 Å². The van der Waals surface area contributed by atoms with Crippen LogP contribution < -0.4 is 10.0 Å². The van der Waals surface area contributed by atoms with Crippen molar-refractivity contribution in [1.82, 2.24) is 10.0 Å². The molecule has 0 aliphatic rings. The molecule has 0 saturated heterocycles. The van der Waals surface area contributed by atoms with Gasteiger partial charge in [0.2, 0.25) is 10.0 Å². The number of nitrogens with one attached hydrogen (secondary N) is 2. The second-order valence-corrected chi connectivity index (χ2v) is 7.09. The highest BCUT2D eigenvalue weighted by Gasteiger charge is 2.13. The minimum Gasteiger partial charge on any atom is -0.316 e. The van der Waals surface area contributed by atoms with Crippen molar-refractivity contribution in [2.24, 2.45) is 0 Å². The van der Waals surface area contributed by atoms with E-state index in [1.807, 2.05) is 31.2 Å². The molecule has 2 rings (SSSR count). The lowest BCUT2D eigenvalue weighted by Gasteiger charge is -2.08. The molecule has 0 radical (unpaired) electrons. The fraction of sp³-hybridized carbons (Fsp3) is 0.286. The van der Waals surface area contributed by atoms with Gasteiger partial charge in [-0.3, -0.25) is 0 Å². The second-order valence-electron chi connectivity index (χ2n) is 4.40. The van der Waals surface area contributed by atoms with E-state index in [2.05, 4.69) is 26.0 Å². The van der Waals surface area contributed by atoms with Gasteiger partial charge in [0.1, 0.15) is 0 Å². The van der Waals surface area contributed by atoms with Gasteiger partial charge in [0, 0.05) is 17.6 Å². The molecule has 2 N–H and O–H groups in total. The number of hydrogen-bond donors (Lipinski definition) is 2. The molecule has 0 atom stereocenters. The molecule has 2 aromatic carbocycles. The van der Waals surface area contributed by atoms with Crippen LogP contribution in [0.4, 0.5) is 0 Å². The van der Waals surface area contributed by atoms with Crippen molar-refractivity contribution < 1.29 is 8.42 Å². The van der Waals surface area contributed by atoms with E-state index in [1.165, 1.54) is 0 Å². The third-order valence-electron chi connectivity index (χ3n) is 2.93. The lowest BCUT2D eigenvalue weighted by atomic mass is 10.1. The molecule has 0 bridgehead atoms. The molecule has 0 aromatic heterocycles. The lowest BCUT2D eigenvalue weighted by molar-refractivity contribution is 0.577. The van der Waals surface area contributed by atoms with Crippen LogP contribution in [0.3, 0.4) is 0 Å². The third-order valence-corrected chi connectivity index (χ3v) is 4.88. The third kappa shape index (κ3) is 4.93. The van der Waals surface area contributed by atoms with E-state index in [9.17, 15) is 8.42 Å². The quantitative estimate of drug-likeness (QED) is 0.742. The van der Waals surface area contributed by atoms with Gasteiger partial charge in [0.05, 0.1) is 4.90 Å². The predicted molar refractivity (Wildman–Crippen MR) is 92.6 cm³/mol. The van der Waals surface area contributed by atoms with Crippen LogP contribution >= 0.6 is 28.3 Å². The summed E-state index contributed by atoms with van der Waals surface area (Å²) >= 11 is 3.40. The Labute approximate surface area is 139 Å². The molecule has 0 saturated carbocycles. The first-order chi connectivity index (χ1) is 9.53. The van der Waals surface area contributed by atoms with Crippen molar-refractivity contribution in [2.75, 3.05) is 19.6 Å². The second kappa shape index (κ2) is 8.10. The smallest absolute Gasteiger partial charge is 0.240 e. The molecule has 7 heteroatoms. The van der Waals surface area contributed by atoms with Crippen molar-refractivity contribution in [3.05, 3.63) is 40.9 Å². The Kier molecular flexibility index (Phi) is 7.09. The van der Waals surface area contributed by atoms with Gasteiger partial charge in [0.15, 0.2) is 0 Å². The van der Waals surface area contributed by atoms with Crippen LogP contribution in [0.5, 0.6) is 0 Å². The zero-order valence-corrected chi connectivity index (χ0v) is 14.8. The maximum absolute atomic E-state index is 12.2. The molecule has 0 amide bonds. The predicted octanol–water partition coefficient (Wildman–Crippen LogP) is 2.91. The number of likely N-dealkylation sites (N-methyl/N-ethyl adjacent to an activating group) is 1. The number of hydrogen-bond acceptors (Lipinski definition) is 3. The molecular weight excluding hydrogens is 376 g/mol. The highest BCUT2D eigenvalue weighted by Crippen LogP contribution is 2.22. The molecule has 2 aromatic rings. The van der Waals surface area contributed by atoms with E-state index in [4.69, 9.17) is 0 Å². The highest BCUT2D eigenvalue weighted by molar-refractivity contribution is 9.10. The molecule has 0 aliphatic heterocycles. The average molecular weight is 394 g/mol. The molecule has 0 heterocycles. The Hall–Kier alpha value is -0.660. The lowest BCUT2D eigenvalue weighted by Crippen LogP contribution is -2.31. The van der Waals surface area contributed by atoms with Gasteiger partial charge >= 0.3 is 0 Å². The van der Waals surface area contributed by atoms with Crippen LogP contribution in [0, 0.1) is 0 Å². The highest BCUT2D eigenvalue weighted by atomic mass is 79.9. The number of halogens is 2. The molecule has 0 unspecified atom stereocenters. The summed E-state index contributed by atoms with van der Waals surface area (Å²) in [5, 5.41) is 4.99. The average Bonchev–Trinajstić information content (AvgIpc) is 2.43. The summed E-state index contributed by atoms with van der Waals surface area (Å²) in [5.41, 5.74) is 0. The first-order valence-corrected chi connectivity index (χ1v) is 8.70. The van der Waals surface area contributed by atoms with E-state index < -0.39 is 10.0 Å². The number of sulfonamides is 1. The maximum atomic E-state index is 12.2. The first-order valence-electron chi connectivity index (χ1n) is 6.42. The van der Waals surface area contributed by atoms with Crippen LogP contribution in [-0.4, -0.2) is 28.1 Å². The largest absolute Gasteiger partial charge is 0.316 e. The molecule has 21 heavy (non-hydrogen) atoms. The van der Waals surface area contributed by atoms with Crippen LogP contribution in [0.15, 0.2) is 45.8 Å². The van der Waals surface area contributed by atoms with Crippen molar-refractivity contribution in [3.8, 4) is 0 Å². The topological polar surface area (TPSA) is 58.2 Å². The Morgan fingerprint density at radius 2 is 1.71 bits per heavy atom. The molecule has 0 fully saturated rings. The number of benzene rings is 2. The molecule has 4 nitrogen and oxygen atoms in total. The van der Waals surface area contributed by atoms with Crippen molar-refractivity contribution >= 4 is 49.1 Å². The molecule has 0 aliphatic carbocycles. The van der Waals surface area contributed by atoms with Gasteiger partial charge in [0.25, 0.3) is 0 Å². The van der Waals surface area contributed by atoms with Gasteiger partial charge in [-0.15, -0.1) is 12.4 Å². The van der Waals surface area contributed by atoms with Crippen LogP contribution in [0.2, 0.25) is 0 Å². The van der Waals surface area contributed by atoms with Crippen molar-refractivity contribution in [2.45, 2.75) is 11.8 Å². The van der Waals surface area contributed by atoms with E-state index in [-0.39, 0.29) is 12.4 Å². The summed E-state index contributed by atoms with van der Waals surface area (Å²) < 4.78 is 27.9. The van der Waals surface area contributed by atoms with Gasteiger partial charge in [-0.2, -0.15) is 0 Å². The molecular formula is C14H18BrClN2O2S. The Bertz CT molecular complexity index is 707. The minimum atomic E-state index is -3.44. The van der Waals surface area contributed by atoms with Crippen LogP contribution in [0.25, 0.3) is 10.8 Å². The summed E-state index contributed by atoms with van der Waals surface area (Å²) in [5.74, 6) is 0. The zero-order chi connectivity index (χ0) is 14.6. The number of fused-ring (bicyclic) bond motifs is 1. The van der Waals surface area contributed by atoms with E-state index in [0.717, 1.165) is 21.8 Å². The normalized spacial score (nSPS) is 11.3. The fourth-order valence-corrected chi connectivity index (χ4v) is 3.34. The minimum absolute atomic E-state index is 0. The Balaban J connectivity index is 0.00000220. The monoisotopic (exact) mass is 392 g/mol. The van der Waals surface area contributed by atoms with Gasteiger partial charge < -0.3 is 5.32 Å².